The van der Waals surface area contributed by atoms with Crippen LogP contribution in [0.3, 0.4) is 0 Å². The molecule has 1 aliphatic heterocycles. The fourth-order valence-electron chi connectivity index (χ4n) is 9.22. The molecule has 5 nitrogen and oxygen atoms in total. The minimum absolute atomic E-state index is 0.00988. The Kier molecular flexibility index (Phi) is 7.27. The van der Waals surface area contributed by atoms with Crippen LogP contribution in [0.15, 0.2) is 54.1 Å². The molecule has 0 amide bonds. The van der Waals surface area contributed by atoms with Gasteiger partial charge in [-0.25, -0.2) is 0 Å². The molecule has 6 atom stereocenters. The molecule has 1 saturated heterocycles. The molecule has 0 radical (unpaired) electrons. The van der Waals surface area contributed by atoms with Gasteiger partial charge in [0.1, 0.15) is 0 Å². The third-order valence-electron chi connectivity index (χ3n) is 11.6. The smallest absolute Gasteiger partial charge is 0.171 e. The molecule has 1 heterocycles. The lowest BCUT2D eigenvalue weighted by Gasteiger charge is -2.58. The van der Waals surface area contributed by atoms with Crippen molar-refractivity contribution >= 4 is 5.57 Å². The van der Waals surface area contributed by atoms with Gasteiger partial charge in [0.05, 0.1) is 24.4 Å². The highest BCUT2D eigenvalue weighted by molar-refractivity contribution is 5.61. The summed E-state index contributed by atoms with van der Waals surface area (Å²) >= 11 is 0. The van der Waals surface area contributed by atoms with Crippen molar-refractivity contribution in [2.24, 2.45) is 22.7 Å². The first-order chi connectivity index (χ1) is 19.3. The van der Waals surface area contributed by atoms with Crippen molar-refractivity contribution in [3.63, 3.8) is 0 Å². The van der Waals surface area contributed by atoms with E-state index in [0.717, 1.165) is 49.7 Å². The number of aliphatic hydroxyl groups is 3. The average molecular weight is 563 g/mol. The van der Waals surface area contributed by atoms with Crippen molar-refractivity contribution in [3.05, 3.63) is 65.3 Å². The summed E-state index contributed by atoms with van der Waals surface area (Å²) in [4.78, 5) is 0. The van der Waals surface area contributed by atoms with E-state index >= 15 is 0 Å². The van der Waals surface area contributed by atoms with Gasteiger partial charge in [-0.3, -0.25) is 0 Å². The van der Waals surface area contributed by atoms with Gasteiger partial charge in [0.25, 0.3) is 0 Å². The van der Waals surface area contributed by atoms with E-state index in [1.54, 1.807) is 0 Å². The minimum Gasteiger partial charge on any atom is -0.396 e. The van der Waals surface area contributed by atoms with E-state index in [-0.39, 0.29) is 23.4 Å². The van der Waals surface area contributed by atoms with Crippen LogP contribution in [0, 0.1) is 22.7 Å². The Morgan fingerprint density at radius 1 is 1.02 bits per heavy atom. The molecule has 5 heteroatoms. The molecule has 3 saturated carbocycles. The van der Waals surface area contributed by atoms with Gasteiger partial charge in [-0.1, -0.05) is 74.9 Å². The van der Waals surface area contributed by atoms with Gasteiger partial charge in [0, 0.05) is 36.2 Å². The zero-order valence-electron chi connectivity index (χ0n) is 25.5. The maximum atomic E-state index is 12.4. The van der Waals surface area contributed by atoms with Gasteiger partial charge >= 0.3 is 0 Å². The van der Waals surface area contributed by atoms with Gasteiger partial charge in [-0.15, -0.1) is 0 Å². The molecule has 224 valence electrons. The normalized spacial score (nSPS) is 39.4. The second-order valence-corrected chi connectivity index (χ2v) is 15.0. The van der Waals surface area contributed by atoms with E-state index in [1.165, 1.54) is 16.7 Å². The second kappa shape index (κ2) is 10.2. The highest BCUT2D eigenvalue weighted by Crippen LogP contribution is 2.68. The summed E-state index contributed by atoms with van der Waals surface area (Å²) in [6, 6.07) is 8.83. The molecule has 1 spiro atoms. The van der Waals surface area contributed by atoms with Crippen LogP contribution in [0.2, 0.25) is 0 Å². The van der Waals surface area contributed by atoms with E-state index in [1.807, 2.05) is 19.1 Å². The van der Waals surface area contributed by atoms with Gasteiger partial charge in [-0.2, -0.15) is 0 Å². The van der Waals surface area contributed by atoms with Crippen molar-refractivity contribution in [1.82, 2.24) is 0 Å². The van der Waals surface area contributed by atoms with Crippen molar-refractivity contribution in [2.75, 3.05) is 19.8 Å². The summed E-state index contributed by atoms with van der Waals surface area (Å²) in [6.07, 6.45) is 10.7. The number of rotatable bonds is 5. The zero-order chi connectivity index (χ0) is 29.3. The molecule has 0 bridgehead atoms. The number of allylic oxidation sites excluding steroid dienone is 2. The second-order valence-electron chi connectivity index (χ2n) is 15.0. The Morgan fingerprint density at radius 3 is 2.39 bits per heavy atom. The topological polar surface area (TPSA) is 79.2 Å². The number of fused-ring (bicyclic) bond motifs is 4. The number of benzene rings is 1. The van der Waals surface area contributed by atoms with Crippen molar-refractivity contribution < 1.29 is 24.8 Å². The van der Waals surface area contributed by atoms with Crippen LogP contribution in [0.5, 0.6) is 0 Å². The van der Waals surface area contributed by atoms with Crippen molar-refractivity contribution in [2.45, 2.75) is 108 Å². The molecule has 4 aliphatic carbocycles. The average Bonchev–Trinajstić information content (AvgIpc) is 3.20. The van der Waals surface area contributed by atoms with E-state index in [9.17, 15) is 15.3 Å². The fraction of sp³-hybridized carbons (Fsp3) is 0.667. The molecule has 41 heavy (non-hydrogen) atoms. The van der Waals surface area contributed by atoms with Gasteiger partial charge in [-0.05, 0) is 80.4 Å². The van der Waals surface area contributed by atoms with Gasteiger partial charge in [0.15, 0.2) is 5.79 Å². The Morgan fingerprint density at radius 2 is 1.73 bits per heavy atom. The van der Waals surface area contributed by atoms with Gasteiger partial charge < -0.3 is 24.8 Å². The Labute approximate surface area is 246 Å². The highest BCUT2D eigenvalue weighted by atomic mass is 16.7. The monoisotopic (exact) mass is 562 g/mol. The van der Waals surface area contributed by atoms with Crippen LogP contribution in [-0.2, 0) is 9.47 Å². The van der Waals surface area contributed by atoms with E-state index in [0.29, 0.717) is 44.3 Å². The van der Waals surface area contributed by atoms with Crippen molar-refractivity contribution in [3.8, 4) is 0 Å². The number of hydrogen-bond donors (Lipinski definition) is 3. The summed E-state index contributed by atoms with van der Waals surface area (Å²) in [5, 5.41) is 33.9. The van der Waals surface area contributed by atoms with Crippen LogP contribution in [0.4, 0.5) is 0 Å². The molecule has 3 N–H and O–H groups in total. The summed E-state index contributed by atoms with van der Waals surface area (Å²) in [5.41, 5.74) is 3.96. The molecular formula is C36H50O5. The van der Waals surface area contributed by atoms with Crippen LogP contribution >= 0.6 is 0 Å². The van der Waals surface area contributed by atoms with E-state index in [4.69, 9.17) is 9.47 Å². The van der Waals surface area contributed by atoms with Crippen LogP contribution < -0.4 is 0 Å². The van der Waals surface area contributed by atoms with Crippen molar-refractivity contribution in [1.29, 1.82) is 0 Å². The van der Waals surface area contributed by atoms with E-state index in [2.05, 4.69) is 51.6 Å². The summed E-state index contributed by atoms with van der Waals surface area (Å²) in [5.74, 6) is 0.104. The number of aliphatic hydroxyl groups excluding tert-OH is 1. The fourth-order valence-corrected chi connectivity index (χ4v) is 9.22. The Bertz CT molecular complexity index is 1230. The first-order valence-electron chi connectivity index (χ1n) is 15.8. The quantitative estimate of drug-likeness (QED) is 0.349. The largest absolute Gasteiger partial charge is 0.396 e. The molecule has 1 aromatic carbocycles. The van der Waals surface area contributed by atoms with Crippen LogP contribution in [0.1, 0.15) is 103 Å². The summed E-state index contributed by atoms with van der Waals surface area (Å²) < 4.78 is 12.8. The molecule has 0 unspecified atom stereocenters. The standard InChI is InChI=1S/C36H50O5/c1-24(2)25-8-10-26(11-9-25)28-20-33(5)29(13-17-35(33,39)15-6-7-19-37)27-12-16-34(38)21-36(18-14-30(34)31(27)28)40-22-32(3,4)23-41-36/h6,8-11,15,27-29,37-39H,1,7,12-14,16-23H2,2-5H3/b15-6-/t27-,28+,29-,33-,34+,35-/m0/s1. The lowest BCUT2D eigenvalue weighted by molar-refractivity contribution is -0.322. The lowest BCUT2D eigenvalue weighted by Crippen LogP contribution is -2.58. The summed E-state index contributed by atoms with van der Waals surface area (Å²) in [6.45, 7) is 14.2. The SMILES string of the molecule is C=C(C)c1ccc([C@H]2C[C@@]3(C)[C@@H](CC[C@@]3(O)/C=C\CCO)[C@@H]3CC[C@@]4(O)CC5(CCC4=C32)OCC(C)(C)CO5)cc1. The molecule has 6 rings (SSSR count). The first kappa shape index (κ1) is 29.3. The van der Waals surface area contributed by atoms with E-state index < -0.39 is 17.0 Å². The Balaban J connectivity index is 1.42. The third-order valence-corrected chi connectivity index (χ3v) is 11.6. The minimum atomic E-state index is -0.925. The summed E-state index contributed by atoms with van der Waals surface area (Å²) in [7, 11) is 0. The predicted octanol–water partition coefficient (Wildman–Crippen LogP) is 6.68. The maximum absolute atomic E-state index is 12.4. The maximum Gasteiger partial charge on any atom is 0.171 e. The molecule has 1 aromatic rings. The first-order valence-corrected chi connectivity index (χ1v) is 15.8. The molecular weight excluding hydrogens is 512 g/mol. The lowest BCUT2D eigenvalue weighted by atomic mass is 9.49. The number of ether oxygens (including phenoxy) is 2. The third kappa shape index (κ3) is 4.80. The van der Waals surface area contributed by atoms with Crippen LogP contribution in [-0.4, -0.2) is 52.1 Å². The molecule has 5 aliphatic rings. The van der Waals surface area contributed by atoms with Gasteiger partial charge in [0.2, 0.25) is 0 Å². The number of hydrogen-bond acceptors (Lipinski definition) is 5. The molecule has 0 aromatic heterocycles. The predicted molar refractivity (Wildman–Crippen MR) is 162 cm³/mol. The van der Waals surface area contributed by atoms with Crippen LogP contribution in [0.25, 0.3) is 5.57 Å². The Hall–Kier alpha value is -1.76. The highest BCUT2D eigenvalue weighted by Gasteiger charge is 2.64. The zero-order valence-corrected chi connectivity index (χ0v) is 25.5. The molecule has 4 fully saturated rings.